The van der Waals surface area contributed by atoms with Crippen LogP contribution in [0.2, 0.25) is 0 Å². The highest BCUT2D eigenvalue weighted by Crippen LogP contribution is 2.30. The van der Waals surface area contributed by atoms with Crippen LogP contribution in [-0.2, 0) is 0 Å². The van der Waals surface area contributed by atoms with Crippen LogP contribution in [0.25, 0.3) is 11.1 Å². The summed E-state index contributed by atoms with van der Waals surface area (Å²) in [6, 6.07) is 6.29. The second-order valence-corrected chi connectivity index (χ2v) is 3.77. The molecule has 0 aliphatic rings. The third-order valence-electron chi connectivity index (χ3n) is 2.68. The molecule has 88 valence electrons. The molecule has 0 aromatic heterocycles. The molecule has 0 unspecified atom stereocenters. The fraction of sp³-hybridized carbons (Fsp3) is 0.0769. The molecule has 17 heavy (non-hydrogen) atoms. The predicted molar refractivity (Wildman–Crippen MR) is 60.9 cm³/mol. The van der Waals surface area contributed by atoms with Crippen molar-refractivity contribution in [1.82, 2.24) is 0 Å². The van der Waals surface area contributed by atoms with Crippen LogP contribution >= 0.6 is 0 Å². The maximum Gasteiger partial charge on any atom is 0.161 e. The smallest absolute Gasteiger partial charge is 0.161 e. The second-order valence-electron chi connectivity index (χ2n) is 3.77. The fourth-order valence-corrected chi connectivity index (χ4v) is 1.67. The van der Waals surface area contributed by atoms with E-state index in [2.05, 4.69) is 0 Å². The topological polar surface area (TPSA) is 26.0 Å². The summed E-state index contributed by atoms with van der Waals surface area (Å²) < 4.78 is 39.5. The van der Waals surface area contributed by atoms with Gasteiger partial charge < -0.3 is 5.73 Å². The van der Waals surface area contributed by atoms with Gasteiger partial charge in [0.05, 0.1) is 0 Å². The first-order chi connectivity index (χ1) is 8.00. The van der Waals surface area contributed by atoms with E-state index >= 15 is 0 Å². The van der Waals surface area contributed by atoms with Gasteiger partial charge in [-0.2, -0.15) is 0 Å². The Morgan fingerprint density at radius 1 is 0.882 bits per heavy atom. The Balaban J connectivity index is 2.69. The first-order valence-corrected chi connectivity index (χ1v) is 5.00. The second kappa shape index (κ2) is 4.13. The van der Waals surface area contributed by atoms with Crippen LogP contribution in [0.1, 0.15) is 5.56 Å². The van der Waals surface area contributed by atoms with Gasteiger partial charge in [-0.25, -0.2) is 13.2 Å². The molecular formula is C13H10F3N. The summed E-state index contributed by atoms with van der Waals surface area (Å²) in [5, 5.41) is 0. The molecular weight excluding hydrogens is 227 g/mol. The minimum atomic E-state index is -1.20. The van der Waals surface area contributed by atoms with Crippen molar-refractivity contribution < 1.29 is 13.2 Å². The molecule has 0 aliphatic heterocycles. The zero-order chi connectivity index (χ0) is 12.6. The Morgan fingerprint density at radius 2 is 1.53 bits per heavy atom. The van der Waals surface area contributed by atoms with Gasteiger partial charge in [-0.3, -0.25) is 0 Å². The predicted octanol–water partition coefficient (Wildman–Crippen LogP) is 3.66. The van der Waals surface area contributed by atoms with Gasteiger partial charge in [0.1, 0.15) is 5.82 Å². The first-order valence-electron chi connectivity index (χ1n) is 5.00. The summed E-state index contributed by atoms with van der Waals surface area (Å²) in [5.74, 6) is -3.09. The molecule has 1 nitrogen and oxygen atoms in total. The highest BCUT2D eigenvalue weighted by molar-refractivity contribution is 5.73. The molecule has 0 saturated carbocycles. The van der Waals surface area contributed by atoms with Gasteiger partial charge in [0.15, 0.2) is 11.6 Å². The lowest BCUT2D eigenvalue weighted by Crippen LogP contribution is -1.96. The van der Waals surface area contributed by atoms with Crippen molar-refractivity contribution in [1.29, 1.82) is 0 Å². The summed E-state index contributed by atoms with van der Waals surface area (Å²) in [4.78, 5) is 0. The molecule has 2 aromatic carbocycles. The number of benzene rings is 2. The van der Waals surface area contributed by atoms with E-state index < -0.39 is 17.5 Å². The van der Waals surface area contributed by atoms with Crippen molar-refractivity contribution in [2.75, 3.05) is 5.73 Å². The van der Waals surface area contributed by atoms with Crippen molar-refractivity contribution in [3.05, 3.63) is 53.3 Å². The van der Waals surface area contributed by atoms with Gasteiger partial charge in [-0.1, -0.05) is 12.1 Å². The lowest BCUT2D eigenvalue weighted by molar-refractivity contribution is 0.496. The standard InChI is InChI=1S/C13H10F3N/c1-7-8(3-2-4-13(7)17)9-5-11(15)12(16)6-10(9)14/h2-6H,17H2,1H3. The average molecular weight is 237 g/mol. The Hall–Kier alpha value is -1.97. The normalized spacial score (nSPS) is 10.6. The summed E-state index contributed by atoms with van der Waals surface area (Å²) >= 11 is 0. The minimum absolute atomic E-state index is 0.00806. The largest absolute Gasteiger partial charge is 0.398 e. The van der Waals surface area contributed by atoms with E-state index in [9.17, 15) is 13.2 Å². The number of hydrogen-bond acceptors (Lipinski definition) is 1. The van der Waals surface area contributed by atoms with Crippen LogP contribution in [0.3, 0.4) is 0 Å². The van der Waals surface area contributed by atoms with Gasteiger partial charge in [0.2, 0.25) is 0 Å². The lowest BCUT2D eigenvalue weighted by Gasteiger charge is -2.09. The maximum absolute atomic E-state index is 13.6. The monoisotopic (exact) mass is 237 g/mol. The zero-order valence-corrected chi connectivity index (χ0v) is 9.10. The maximum atomic E-state index is 13.6. The first kappa shape index (κ1) is 11.5. The van der Waals surface area contributed by atoms with Gasteiger partial charge in [0.25, 0.3) is 0 Å². The molecule has 0 fully saturated rings. The Bertz CT molecular complexity index is 579. The summed E-state index contributed by atoms with van der Waals surface area (Å²) in [5.41, 5.74) is 7.27. The number of rotatable bonds is 1. The summed E-state index contributed by atoms with van der Waals surface area (Å²) in [7, 11) is 0. The van der Waals surface area contributed by atoms with E-state index in [1.54, 1.807) is 25.1 Å². The molecule has 0 heterocycles. The van der Waals surface area contributed by atoms with Crippen LogP contribution in [0.15, 0.2) is 30.3 Å². The highest BCUT2D eigenvalue weighted by Gasteiger charge is 2.13. The van der Waals surface area contributed by atoms with Crippen LogP contribution in [0.4, 0.5) is 18.9 Å². The van der Waals surface area contributed by atoms with E-state index in [0.717, 1.165) is 6.07 Å². The molecule has 0 bridgehead atoms. The zero-order valence-electron chi connectivity index (χ0n) is 9.10. The molecule has 2 aromatic rings. The number of halogens is 3. The molecule has 0 aliphatic carbocycles. The Morgan fingerprint density at radius 3 is 2.24 bits per heavy atom. The van der Waals surface area contributed by atoms with Gasteiger partial charge in [0, 0.05) is 17.3 Å². The Kier molecular flexibility index (Phi) is 2.79. The van der Waals surface area contributed by atoms with E-state index in [-0.39, 0.29) is 5.56 Å². The van der Waals surface area contributed by atoms with Crippen molar-refractivity contribution >= 4 is 5.69 Å². The highest BCUT2D eigenvalue weighted by atomic mass is 19.2. The van der Waals surface area contributed by atoms with Crippen LogP contribution in [0.5, 0.6) is 0 Å². The summed E-state index contributed by atoms with van der Waals surface area (Å²) in [6.45, 7) is 1.70. The van der Waals surface area contributed by atoms with E-state index in [4.69, 9.17) is 5.73 Å². The van der Waals surface area contributed by atoms with Crippen LogP contribution < -0.4 is 5.73 Å². The fourth-order valence-electron chi connectivity index (χ4n) is 1.67. The molecule has 0 saturated heterocycles. The van der Waals surface area contributed by atoms with Crippen LogP contribution in [0, 0.1) is 24.4 Å². The molecule has 4 heteroatoms. The third-order valence-corrected chi connectivity index (χ3v) is 2.68. The van der Waals surface area contributed by atoms with Gasteiger partial charge in [-0.15, -0.1) is 0 Å². The number of hydrogen-bond donors (Lipinski definition) is 1. The van der Waals surface area contributed by atoms with Crippen molar-refractivity contribution in [3.8, 4) is 11.1 Å². The number of anilines is 1. The third kappa shape index (κ3) is 1.98. The SMILES string of the molecule is Cc1c(N)cccc1-c1cc(F)c(F)cc1F. The molecule has 0 atom stereocenters. The van der Waals surface area contributed by atoms with Crippen molar-refractivity contribution in [3.63, 3.8) is 0 Å². The molecule has 2 N–H and O–H groups in total. The molecule has 0 amide bonds. The average Bonchev–Trinajstić information content (AvgIpc) is 2.28. The Labute approximate surface area is 96.7 Å². The number of nitrogen functional groups attached to an aromatic ring is 1. The minimum Gasteiger partial charge on any atom is -0.398 e. The van der Waals surface area contributed by atoms with Crippen LogP contribution in [-0.4, -0.2) is 0 Å². The van der Waals surface area contributed by atoms with Crippen molar-refractivity contribution in [2.45, 2.75) is 6.92 Å². The van der Waals surface area contributed by atoms with E-state index in [1.807, 2.05) is 0 Å². The van der Waals surface area contributed by atoms with E-state index in [0.29, 0.717) is 22.9 Å². The number of nitrogens with two attached hydrogens (primary N) is 1. The summed E-state index contributed by atoms with van der Waals surface area (Å²) in [6.07, 6.45) is 0. The van der Waals surface area contributed by atoms with E-state index in [1.165, 1.54) is 0 Å². The van der Waals surface area contributed by atoms with Gasteiger partial charge >= 0.3 is 0 Å². The molecule has 0 radical (unpaired) electrons. The quantitative estimate of drug-likeness (QED) is 0.594. The van der Waals surface area contributed by atoms with Crippen molar-refractivity contribution in [2.24, 2.45) is 0 Å². The molecule has 2 rings (SSSR count). The van der Waals surface area contributed by atoms with Gasteiger partial charge in [-0.05, 0) is 30.2 Å². The lowest BCUT2D eigenvalue weighted by atomic mass is 9.98. The molecule has 0 spiro atoms.